The molecule has 81 valence electrons. The molecule has 0 heterocycles. The van der Waals surface area contributed by atoms with Gasteiger partial charge in [0.15, 0.2) is 0 Å². The van der Waals surface area contributed by atoms with Gasteiger partial charge in [-0.25, -0.2) is 5.11 Å². The number of hydrogen-bond donors (Lipinski definition) is 0. The van der Waals surface area contributed by atoms with E-state index in [0.29, 0.717) is 0 Å². The summed E-state index contributed by atoms with van der Waals surface area (Å²) in [6.07, 6.45) is 0. The highest BCUT2D eigenvalue weighted by atomic mass is 17.0. The Balaban J connectivity index is 4.03. The molecule has 0 atom stereocenters. The van der Waals surface area contributed by atoms with Gasteiger partial charge in [-0.3, -0.25) is 0 Å². The molecule has 0 aliphatic carbocycles. The molecule has 0 aromatic carbocycles. The van der Waals surface area contributed by atoms with Crippen molar-refractivity contribution >= 4 is 0 Å². The van der Waals surface area contributed by atoms with Crippen molar-refractivity contribution in [2.45, 2.75) is 6.92 Å². The summed E-state index contributed by atoms with van der Waals surface area (Å²) < 4.78 is 0. The van der Waals surface area contributed by atoms with Crippen molar-refractivity contribution in [3.05, 3.63) is 20.2 Å². The largest absolute Gasteiger partial charge is 0.313 e. The van der Waals surface area contributed by atoms with Crippen LogP contribution >= 0.6 is 0 Å². The Morgan fingerprint density at radius 3 is 1.71 bits per heavy atom. The lowest BCUT2D eigenvalue weighted by Gasteiger charge is -2.22. The molecule has 0 saturated heterocycles. The fourth-order valence-corrected chi connectivity index (χ4v) is 0.542. The Morgan fingerprint density at radius 1 is 1.14 bits per heavy atom. The van der Waals surface area contributed by atoms with Crippen LogP contribution in [0.4, 0.5) is 0 Å². The van der Waals surface area contributed by atoms with Crippen LogP contribution in [0, 0.1) is 25.6 Å². The Bertz CT molecular complexity index is 200. The molecule has 14 heavy (non-hydrogen) atoms. The topological polar surface area (TPSA) is 125 Å². The Kier molecular flexibility index (Phi) is 4.56. The van der Waals surface area contributed by atoms with Crippen molar-refractivity contribution in [2.75, 3.05) is 19.8 Å². The predicted octanol–water partition coefficient (Wildman–Crippen LogP) is -0.160. The minimum atomic E-state index is -1.28. The number of nitrogens with zero attached hydrogens (tertiary/aromatic N) is 2. The normalized spacial score (nSPS) is 10.7. The van der Waals surface area contributed by atoms with Gasteiger partial charge in [0.2, 0.25) is 0 Å². The van der Waals surface area contributed by atoms with Gasteiger partial charge in [0.05, 0.1) is 6.61 Å². The molecule has 0 spiro atoms. The Labute approximate surface area is 78.4 Å². The summed E-state index contributed by atoms with van der Waals surface area (Å²) in [4.78, 5) is 27.5. The first kappa shape index (κ1) is 12.4. The highest BCUT2D eigenvalue weighted by Crippen LogP contribution is 2.16. The summed E-state index contributed by atoms with van der Waals surface area (Å²) in [5.74, 6) is 0. The third kappa shape index (κ3) is 5.09. The summed E-state index contributed by atoms with van der Waals surface area (Å²) >= 11 is 0. The first-order valence-electron chi connectivity index (χ1n) is 3.52. The van der Waals surface area contributed by atoms with Crippen LogP contribution in [0.2, 0.25) is 0 Å². The van der Waals surface area contributed by atoms with Crippen LogP contribution in [-0.2, 0) is 14.8 Å². The van der Waals surface area contributed by atoms with Crippen molar-refractivity contribution in [3.63, 3.8) is 0 Å². The summed E-state index contributed by atoms with van der Waals surface area (Å²) in [7, 11) is 0. The van der Waals surface area contributed by atoms with Crippen molar-refractivity contribution in [2.24, 2.45) is 5.41 Å². The minimum absolute atomic E-state index is 0.530. The van der Waals surface area contributed by atoms with Gasteiger partial charge >= 0.3 is 0 Å². The fourth-order valence-electron chi connectivity index (χ4n) is 0.542. The molecule has 9 nitrogen and oxygen atoms in total. The second-order valence-corrected chi connectivity index (χ2v) is 2.95. The van der Waals surface area contributed by atoms with Crippen LogP contribution in [0.15, 0.2) is 0 Å². The van der Waals surface area contributed by atoms with E-state index in [0.717, 1.165) is 0 Å². The first-order chi connectivity index (χ1) is 6.39. The lowest BCUT2D eigenvalue weighted by Crippen LogP contribution is -2.34. The van der Waals surface area contributed by atoms with Crippen LogP contribution in [0.3, 0.4) is 0 Å². The van der Waals surface area contributed by atoms with Gasteiger partial charge in [0.25, 0.3) is 10.2 Å². The summed E-state index contributed by atoms with van der Waals surface area (Å²) in [6, 6.07) is 0. The maximum absolute atomic E-state index is 10.6. The lowest BCUT2D eigenvalue weighted by atomic mass is 9.95. The average Bonchev–Trinajstić information content (AvgIpc) is 2.11. The molecular formula is C5H9N2O7. The van der Waals surface area contributed by atoms with E-state index in [9.17, 15) is 25.3 Å². The summed E-state index contributed by atoms with van der Waals surface area (Å²) in [5.41, 5.74) is -1.28. The predicted molar refractivity (Wildman–Crippen MR) is 39.6 cm³/mol. The van der Waals surface area contributed by atoms with Gasteiger partial charge in [0.1, 0.15) is 13.2 Å². The Hall–Kier alpha value is -1.64. The third-order valence-corrected chi connectivity index (χ3v) is 1.39. The average molecular weight is 209 g/mol. The SMILES string of the molecule is CC(C[O])(CO[N+](=O)[O-])CO[N+](=O)[O-]. The molecule has 9 heteroatoms. The number of hydrogen-bond acceptors (Lipinski definition) is 6. The molecule has 0 rings (SSSR count). The van der Waals surface area contributed by atoms with Crippen molar-refractivity contribution in [1.29, 1.82) is 0 Å². The molecule has 0 amide bonds. The second-order valence-electron chi connectivity index (χ2n) is 2.95. The molecule has 0 aliphatic heterocycles. The lowest BCUT2D eigenvalue weighted by molar-refractivity contribution is -0.772. The highest BCUT2D eigenvalue weighted by Gasteiger charge is 2.28. The minimum Gasteiger partial charge on any atom is -0.313 e. The number of rotatable bonds is 7. The van der Waals surface area contributed by atoms with Crippen LogP contribution < -0.4 is 0 Å². The zero-order chi connectivity index (χ0) is 11.2. The van der Waals surface area contributed by atoms with Gasteiger partial charge in [-0.2, -0.15) is 0 Å². The van der Waals surface area contributed by atoms with E-state index in [1.165, 1.54) is 6.92 Å². The van der Waals surface area contributed by atoms with E-state index in [-0.39, 0.29) is 0 Å². The van der Waals surface area contributed by atoms with E-state index in [1.54, 1.807) is 0 Å². The maximum atomic E-state index is 10.6. The molecule has 0 N–H and O–H groups in total. The molecule has 0 aliphatic rings. The van der Waals surface area contributed by atoms with Crippen molar-refractivity contribution < 1.29 is 25.0 Å². The van der Waals surface area contributed by atoms with Gasteiger partial charge < -0.3 is 9.68 Å². The Morgan fingerprint density at radius 2 is 1.50 bits per heavy atom. The molecular weight excluding hydrogens is 200 g/mol. The van der Waals surface area contributed by atoms with Gasteiger partial charge in [-0.05, 0) is 0 Å². The molecule has 0 unspecified atom stereocenters. The smallest absolute Gasteiger partial charge is 0.294 e. The molecule has 0 aromatic rings. The molecule has 0 bridgehead atoms. The van der Waals surface area contributed by atoms with Gasteiger partial charge in [-0.1, -0.05) is 6.92 Å². The van der Waals surface area contributed by atoms with E-state index in [4.69, 9.17) is 0 Å². The zero-order valence-corrected chi connectivity index (χ0v) is 7.37. The fraction of sp³-hybridized carbons (Fsp3) is 1.00. The molecule has 0 aromatic heterocycles. The molecule has 1 radical (unpaired) electrons. The quantitative estimate of drug-likeness (QED) is 0.423. The standard InChI is InChI=1S/C5H9N2O7/c1-5(2-8,3-13-6(9)10)4-14-7(11)12/h2-4H2,1H3. The summed E-state index contributed by atoms with van der Waals surface area (Å²) in [5, 5.41) is 28.0. The molecule has 0 saturated carbocycles. The van der Waals surface area contributed by atoms with Crippen LogP contribution in [0.1, 0.15) is 6.92 Å². The van der Waals surface area contributed by atoms with E-state index in [2.05, 4.69) is 9.68 Å². The zero-order valence-electron chi connectivity index (χ0n) is 7.37. The van der Waals surface area contributed by atoms with E-state index >= 15 is 0 Å². The van der Waals surface area contributed by atoms with Crippen LogP contribution in [0.25, 0.3) is 0 Å². The van der Waals surface area contributed by atoms with Crippen molar-refractivity contribution in [3.8, 4) is 0 Å². The third-order valence-electron chi connectivity index (χ3n) is 1.39. The summed E-state index contributed by atoms with van der Waals surface area (Å²) in [6.45, 7) is -0.531. The van der Waals surface area contributed by atoms with Gasteiger partial charge in [-0.15, -0.1) is 20.2 Å². The maximum Gasteiger partial charge on any atom is 0.294 e. The van der Waals surface area contributed by atoms with E-state index in [1.807, 2.05) is 0 Å². The van der Waals surface area contributed by atoms with Crippen molar-refractivity contribution in [1.82, 2.24) is 0 Å². The second kappa shape index (κ2) is 5.17. The van der Waals surface area contributed by atoms with Crippen LogP contribution in [-0.4, -0.2) is 30.0 Å². The molecule has 0 fully saturated rings. The highest BCUT2D eigenvalue weighted by molar-refractivity contribution is 4.70. The van der Waals surface area contributed by atoms with Crippen LogP contribution in [0.5, 0.6) is 0 Å². The van der Waals surface area contributed by atoms with E-state index < -0.39 is 35.4 Å². The first-order valence-corrected chi connectivity index (χ1v) is 3.52. The van der Waals surface area contributed by atoms with Gasteiger partial charge in [0, 0.05) is 5.41 Å². The monoisotopic (exact) mass is 209 g/mol.